The first-order valence-electron chi connectivity index (χ1n) is 41.6. The molecular weight excluding hydrogens is 1510 g/mol. The molecule has 0 saturated carbocycles. The van der Waals surface area contributed by atoms with Crippen LogP contribution in [0.1, 0.15) is 50.7 Å². The molecule has 570 valence electrons. The van der Waals surface area contributed by atoms with Crippen molar-refractivity contribution < 1.29 is 0 Å². The maximum Gasteiger partial charge on any atom is 0.0546 e. The summed E-state index contributed by atoms with van der Waals surface area (Å²) in [5, 5.41) is 22.8. The minimum atomic E-state index is 0.337. The number of thiophene rings is 3. The molecule has 0 atom stereocenters. The average molecular weight is 1590 g/mol. The molecule has 6 heteroatoms. The van der Waals surface area contributed by atoms with E-state index in [0.717, 1.165) is 45.5 Å². The molecule has 0 N–H and O–H groups in total. The van der Waals surface area contributed by atoms with Crippen LogP contribution in [0, 0.1) is 0 Å². The summed E-state index contributed by atoms with van der Waals surface area (Å²) >= 11 is 5.65. The fraction of sp³-hybridized carbons (Fsp3) is 0.0526. The smallest absolute Gasteiger partial charge is 0.0546 e. The Balaban J connectivity index is 0.000000166. The molecule has 3 heterocycles. The highest BCUT2D eigenvalue weighted by atomic mass is 32.1. The van der Waals surface area contributed by atoms with Gasteiger partial charge in [0.15, 0.2) is 0 Å². The van der Waals surface area contributed by atoms with Crippen LogP contribution >= 0.6 is 34.0 Å². The van der Waals surface area contributed by atoms with Gasteiger partial charge in [-0.3, -0.25) is 0 Å². The summed E-state index contributed by atoms with van der Waals surface area (Å²) in [6.07, 6.45) is 0. The number of hydrogen-bond acceptors (Lipinski definition) is 6. The van der Waals surface area contributed by atoms with E-state index in [1.165, 1.54) is 175 Å². The predicted molar refractivity (Wildman–Crippen MR) is 525 cm³/mol. The van der Waals surface area contributed by atoms with Crippen molar-refractivity contribution in [1.82, 2.24) is 0 Å². The van der Waals surface area contributed by atoms with E-state index >= 15 is 0 Å². The third-order valence-electron chi connectivity index (χ3n) is 24.4. The van der Waals surface area contributed by atoms with Gasteiger partial charge in [-0.2, -0.15) is 0 Å². The number of fused-ring (bicyclic) bond motifs is 19. The van der Waals surface area contributed by atoms with E-state index in [1.54, 1.807) is 0 Å². The maximum atomic E-state index is 2.50. The topological polar surface area (TPSA) is 9.72 Å². The molecule has 0 unspecified atom stereocenters. The Bertz CT molecular complexity index is 7660. The van der Waals surface area contributed by atoms with E-state index in [9.17, 15) is 0 Å². The highest BCUT2D eigenvalue weighted by Crippen LogP contribution is 2.53. The predicted octanol–water partition coefficient (Wildman–Crippen LogP) is 35.1. The second kappa shape index (κ2) is 30.2. The van der Waals surface area contributed by atoms with Gasteiger partial charge in [-0.15, -0.1) is 34.0 Å². The van der Waals surface area contributed by atoms with Crippen molar-refractivity contribution in [2.45, 2.75) is 39.5 Å². The summed E-state index contributed by atoms with van der Waals surface area (Å²) in [5.74, 6) is 0.674. The van der Waals surface area contributed by atoms with Crippen molar-refractivity contribution in [2.75, 3.05) is 14.7 Å². The van der Waals surface area contributed by atoms with Crippen LogP contribution in [0.3, 0.4) is 0 Å². The van der Waals surface area contributed by atoms with Crippen LogP contribution in [0.5, 0.6) is 0 Å². The van der Waals surface area contributed by atoms with Crippen molar-refractivity contribution >= 4 is 210 Å². The van der Waals surface area contributed by atoms with E-state index in [2.05, 4.69) is 449 Å². The van der Waals surface area contributed by atoms with Crippen LogP contribution in [0.25, 0.3) is 159 Å². The van der Waals surface area contributed by atoms with Crippen LogP contribution < -0.4 is 14.7 Å². The minimum Gasteiger partial charge on any atom is -0.310 e. The quantitative estimate of drug-likeness (QED) is 0.100. The zero-order valence-electron chi connectivity index (χ0n) is 66.9. The van der Waals surface area contributed by atoms with Gasteiger partial charge in [0.05, 0.1) is 17.1 Å². The van der Waals surface area contributed by atoms with Gasteiger partial charge in [-0.25, -0.2) is 0 Å². The number of rotatable bonds is 14. The standard InChI is InChI=1S/C72H54N2S2.C42H27NS/c1-45(2)47-35-37-57-63-44-68(74(52-23-9-6-10-24-52)54-26-16-20-50(40-54)56-30-18-32-62-60-28-12-14-34-70(60)76-72(56)62)66-42-48(46(3)4)36-38-58(66)64(63)43-67(65(57)41-47)73(51-21-7-5-8-22-51)53-25-15-19-49(39-53)55-29-17-31-61-59-27-11-13-33-69(59)75-71(55)61;1-2-14-30(15-3-1)43(40-27-39-32-17-5-4-12-28(32)24-25-35(39)34-18-6-7-19-36(34)40)31-16-10-13-29(26-31)33-21-11-22-38-37-20-8-9-23-41(37)44-42(33)38/h5-46H,1-4H3;1-27H. The van der Waals surface area contributed by atoms with Crippen molar-refractivity contribution in [1.29, 1.82) is 0 Å². The monoisotopic (exact) mass is 1590 g/mol. The first-order chi connectivity index (χ1) is 59.2. The molecule has 0 aliphatic carbocycles. The number of hydrogen-bond donors (Lipinski definition) is 0. The Hall–Kier alpha value is -14.0. The average Bonchev–Trinajstić information content (AvgIpc) is 1.03. The Morgan fingerprint density at radius 3 is 0.858 bits per heavy atom. The molecule has 20 aromatic carbocycles. The van der Waals surface area contributed by atoms with Gasteiger partial charge >= 0.3 is 0 Å². The van der Waals surface area contributed by atoms with Crippen molar-refractivity contribution in [3.05, 3.63) is 418 Å². The van der Waals surface area contributed by atoms with Crippen molar-refractivity contribution in [3.63, 3.8) is 0 Å². The van der Waals surface area contributed by atoms with Gasteiger partial charge in [-0.1, -0.05) is 313 Å². The Morgan fingerprint density at radius 2 is 0.467 bits per heavy atom. The summed E-state index contributed by atoms with van der Waals surface area (Å²) in [5.41, 5.74) is 20.2. The lowest BCUT2D eigenvalue weighted by atomic mass is 9.89. The maximum absolute atomic E-state index is 2.50. The molecule has 0 spiro atoms. The van der Waals surface area contributed by atoms with Crippen LogP contribution in [0.4, 0.5) is 51.2 Å². The first kappa shape index (κ1) is 72.5. The van der Waals surface area contributed by atoms with Crippen molar-refractivity contribution in [2.24, 2.45) is 0 Å². The van der Waals surface area contributed by atoms with Gasteiger partial charge in [0, 0.05) is 111 Å². The molecular formula is C114H81N3S3. The fourth-order valence-corrected chi connectivity index (χ4v) is 22.3. The molecule has 23 aromatic rings. The van der Waals surface area contributed by atoms with Gasteiger partial charge in [0.25, 0.3) is 0 Å². The Kier molecular flexibility index (Phi) is 18.2. The van der Waals surface area contributed by atoms with E-state index in [1.807, 2.05) is 34.0 Å². The lowest BCUT2D eigenvalue weighted by molar-refractivity contribution is 0.868. The second-order valence-electron chi connectivity index (χ2n) is 32.1. The summed E-state index contributed by atoms with van der Waals surface area (Å²) in [6.45, 7) is 9.22. The summed E-state index contributed by atoms with van der Waals surface area (Å²) in [7, 11) is 0. The summed E-state index contributed by atoms with van der Waals surface area (Å²) < 4.78 is 7.92. The minimum absolute atomic E-state index is 0.337. The van der Waals surface area contributed by atoms with E-state index in [0.29, 0.717) is 11.8 Å². The summed E-state index contributed by atoms with van der Waals surface area (Å²) in [6, 6.07) is 151. The second-order valence-corrected chi connectivity index (χ2v) is 35.3. The molecule has 0 bridgehead atoms. The summed E-state index contributed by atoms with van der Waals surface area (Å²) in [4.78, 5) is 7.43. The van der Waals surface area contributed by atoms with E-state index in [4.69, 9.17) is 0 Å². The van der Waals surface area contributed by atoms with Crippen LogP contribution in [0.2, 0.25) is 0 Å². The van der Waals surface area contributed by atoms with Gasteiger partial charge < -0.3 is 14.7 Å². The van der Waals surface area contributed by atoms with Crippen LogP contribution in [-0.4, -0.2) is 0 Å². The largest absolute Gasteiger partial charge is 0.310 e. The Labute approximate surface area is 710 Å². The third kappa shape index (κ3) is 12.6. The SMILES string of the molecule is CC(C)c1ccc2c(c1)c(N(c1ccccc1)c1cccc(-c3cccc4c3sc3ccccc34)c1)cc1c3ccc(C(C)C)cc3c(N(c3ccccc3)c3cccc(-c4cccc5c4sc4ccccc45)c3)cc21.c1ccc(N(c2cccc(-c3cccc4c3sc3ccccc34)c2)c2cc3c4ccccc4ccc3c3ccccc23)cc1. The van der Waals surface area contributed by atoms with Gasteiger partial charge in [-0.05, 0) is 226 Å². The van der Waals surface area contributed by atoms with Gasteiger partial charge in [0.2, 0.25) is 0 Å². The zero-order chi connectivity index (χ0) is 80.1. The van der Waals surface area contributed by atoms with E-state index < -0.39 is 0 Å². The van der Waals surface area contributed by atoms with Crippen LogP contribution in [0.15, 0.2) is 406 Å². The lowest BCUT2D eigenvalue weighted by Gasteiger charge is -2.30. The molecule has 120 heavy (non-hydrogen) atoms. The molecule has 23 rings (SSSR count). The highest BCUT2D eigenvalue weighted by molar-refractivity contribution is 7.27. The highest BCUT2D eigenvalue weighted by Gasteiger charge is 2.27. The molecule has 3 nitrogen and oxygen atoms in total. The first-order valence-corrected chi connectivity index (χ1v) is 44.0. The molecule has 0 radical (unpaired) electrons. The van der Waals surface area contributed by atoms with E-state index in [-0.39, 0.29) is 0 Å². The number of anilines is 9. The zero-order valence-corrected chi connectivity index (χ0v) is 69.4. The molecule has 0 saturated heterocycles. The molecule has 0 amide bonds. The molecule has 0 aliphatic heterocycles. The number of para-hydroxylation sites is 3. The van der Waals surface area contributed by atoms with Crippen LogP contribution in [-0.2, 0) is 0 Å². The third-order valence-corrected chi connectivity index (χ3v) is 28.0. The Morgan fingerprint density at radius 1 is 0.183 bits per heavy atom. The normalized spacial score (nSPS) is 11.8. The number of benzene rings is 20. The van der Waals surface area contributed by atoms with Crippen molar-refractivity contribution in [3.8, 4) is 33.4 Å². The molecule has 0 aliphatic rings. The van der Waals surface area contributed by atoms with Gasteiger partial charge in [0.1, 0.15) is 0 Å². The molecule has 0 fully saturated rings. The number of nitrogens with zero attached hydrogens (tertiary/aromatic N) is 3. The molecule has 3 aromatic heterocycles. The lowest BCUT2D eigenvalue weighted by Crippen LogP contribution is -2.12. The fourth-order valence-electron chi connectivity index (χ4n) is 18.5.